The van der Waals surface area contributed by atoms with Crippen LogP contribution in [0.25, 0.3) is 44.2 Å². The van der Waals surface area contributed by atoms with Gasteiger partial charge in [-0.3, -0.25) is 0 Å². The fourth-order valence-electron chi connectivity index (χ4n) is 8.91. The van der Waals surface area contributed by atoms with Gasteiger partial charge < -0.3 is 4.74 Å². The molecule has 0 saturated heterocycles. The van der Waals surface area contributed by atoms with Gasteiger partial charge in [0, 0.05) is 16.5 Å². The Hall–Kier alpha value is -5.40. The van der Waals surface area contributed by atoms with Crippen LogP contribution in [0.5, 0.6) is 11.5 Å². The van der Waals surface area contributed by atoms with Gasteiger partial charge in [0.15, 0.2) is 0 Å². The Morgan fingerprint density at radius 3 is 1.78 bits per heavy atom. The summed E-state index contributed by atoms with van der Waals surface area (Å²) in [6.45, 7) is 4.67. The average Bonchev–Trinajstić information content (AvgIpc) is 3.54. The molecule has 0 saturated carbocycles. The minimum atomic E-state index is -0.397. The lowest BCUT2D eigenvalue weighted by Gasteiger charge is -2.36. The summed E-state index contributed by atoms with van der Waals surface area (Å²) in [6, 6.07) is 53.9. The lowest BCUT2D eigenvalue weighted by Crippen LogP contribution is -2.26. The molecule has 212 valence electrons. The van der Waals surface area contributed by atoms with Gasteiger partial charge in [-0.1, -0.05) is 135 Å². The number of hydrogen-bond donors (Lipinski definition) is 0. The summed E-state index contributed by atoms with van der Waals surface area (Å²) in [5.41, 5.74) is 15.1. The molecular weight excluding hydrogens is 544 g/mol. The quantitative estimate of drug-likeness (QED) is 0.189. The summed E-state index contributed by atoms with van der Waals surface area (Å²) in [4.78, 5) is 0. The molecule has 0 aromatic heterocycles. The van der Waals surface area contributed by atoms with Gasteiger partial charge >= 0.3 is 0 Å². The van der Waals surface area contributed by atoms with E-state index in [1.54, 1.807) is 0 Å². The highest BCUT2D eigenvalue weighted by Gasteiger charge is 2.52. The third-order valence-corrected chi connectivity index (χ3v) is 10.7. The standard InChI is InChI=1S/C44H30O/c1-43(2)36-21-9-10-23-39(36)45-40-24-12-18-31(42(40)43)30-17-11-22-37-41(30)32-16-6-8-20-35(32)44(37)34-19-7-5-15-29(34)33-25-27-13-3-4-14-28(27)26-38(33)44/h3-26H,1-2H3. The first-order valence-electron chi connectivity index (χ1n) is 15.9. The van der Waals surface area contributed by atoms with Crippen molar-refractivity contribution in [2.75, 3.05) is 0 Å². The molecule has 10 rings (SSSR count). The number of fused-ring (bicyclic) bond motifs is 13. The molecule has 1 unspecified atom stereocenters. The van der Waals surface area contributed by atoms with E-state index in [2.05, 4.69) is 159 Å². The maximum Gasteiger partial charge on any atom is 0.132 e. The van der Waals surface area contributed by atoms with Crippen LogP contribution in [0.2, 0.25) is 0 Å². The smallest absolute Gasteiger partial charge is 0.132 e. The predicted octanol–water partition coefficient (Wildman–Crippen LogP) is 11.3. The van der Waals surface area contributed by atoms with Crippen molar-refractivity contribution in [3.05, 3.63) is 179 Å². The maximum absolute atomic E-state index is 6.59. The third kappa shape index (κ3) is 3.03. The van der Waals surface area contributed by atoms with Crippen LogP contribution in [-0.4, -0.2) is 0 Å². The minimum Gasteiger partial charge on any atom is -0.457 e. The molecule has 3 aliphatic rings. The number of hydrogen-bond acceptors (Lipinski definition) is 1. The van der Waals surface area contributed by atoms with E-state index in [-0.39, 0.29) is 5.41 Å². The van der Waals surface area contributed by atoms with E-state index in [9.17, 15) is 0 Å². The number of benzene rings is 7. The lowest BCUT2D eigenvalue weighted by molar-refractivity contribution is 0.419. The molecule has 1 atom stereocenters. The fraction of sp³-hybridized carbons (Fsp3) is 0.0909. The van der Waals surface area contributed by atoms with Crippen molar-refractivity contribution < 1.29 is 4.74 Å². The van der Waals surface area contributed by atoms with Crippen molar-refractivity contribution in [3.63, 3.8) is 0 Å². The Kier molecular flexibility index (Phi) is 4.78. The van der Waals surface area contributed by atoms with Crippen molar-refractivity contribution in [1.29, 1.82) is 0 Å². The minimum absolute atomic E-state index is 0.231. The Balaban J connectivity index is 1.32. The van der Waals surface area contributed by atoms with Gasteiger partial charge in [-0.05, 0) is 90.7 Å². The van der Waals surface area contributed by atoms with E-state index in [4.69, 9.17) is 4.74 Å². The first-order valence-corrected chi connectivity index (χ1v) is 15.9. The molecule has 7 aromatic carbocycles. The van der Waals surface area contributed by atoms with Crippen LogP contribution in [0, 0.1) is 0 Å². The molecule has 0 bridgehead atoms. The summed E-state index contributed by atoms with van der Waals surface area (Å²) in [7, 11) is 0. The summed E-state index contributed by atoms with van der Waals surface area (Å²) < 4.78 is 6.59. The van der Waals surface area contributed by atoms with Crippen LogP contribution >= 0.6 is 0 Å². The molecule has 0 amide bonds. The van der Waals surface area contributed by atoms with Crippen LogP contribution in [0.1, 0.15) is 47.2 Å². The van der Waals surface area contributed by atoms with Crippen molar-refractivity contribution in [1.82, 2.24) is 0 Å². The molecule has 0 radical (unpaired) electrons. The lowest BCUT2D eigenvalue weighted by atomic mass is 9.69. The highest BCUT2D eigenvalue weighted by molar-refractivity contribution is 6.03. The van der Waals surface area contributed by atoms with Crippen LogP contribution in [0.3, 0.4) is 0 Å². The highest BCUT2D eigenvalue weighted by Crippen LogP contribution is 2.65. The Morgan fingerprint density at radius 1 is 0.400 bits per heavy atom. The highest BCUT2D eigenvalue weighted by atomic mass is 16.5. The SMILES string of the molecule is CC1(C)c2ccccc2Oc2cccc(-c3cccc4c3-c3ccccc3C43c4ccccc4-c4cc5ccccc5cc43)c21. The number of ether oxygens (including phenoxy) is 1. The van der Waals surface area contributed by atoms with Crippen molar-refractivity contribution in [2.24, 2.45) is 0 Å². The van der Waals surface area contributed by atoms with Gasteiger partial charge in [-0.2, -0.15) is 0 Å². The van der Waals surface area contributed by atoms with Crippen LogP contribution in [0.15, 0.2) is 146 Å². The average molecular weight is 575 g/mol. The first-order chi connectivity index (χ1) is 22.1. The molecule has 0 fully saturated rings. The molecule has 45 heavy (non-hydrogen) atoms. The van der Waals surface area contributed by atoms with Gasteiger partial charge in [0.2, 0.25) is 0 Å². The van der Waals surface area contributed by atoms with Crippen molar-refractivity contribution in [3.8, 4) is 44.9 Å². The second-order valence-corrected chi connectivity index (χ2v) is 13.2. The molecule has 1 aliphatic heterocycles. The second kappa shape index (κ2) is 8.61. The van der Waals surface area contributed by atoms with E-state index in [1.807, 2.05) is 0 Å². The van der Waals surface area contributed by atoms with Gasteiger partial charge in [-0.25, -0.2) is 0 Å². The van der Waals surface area contributed by atoms with Gasteiger partial charge in [0.1, 0.15) is 11.5 Å². The van der Waals surface area contributed by atoms with Crippen LogP contribution in [0.4, 0.5) is 0 Å². The normalized spacial score (nSPS) is 17.6. The molecule has 2 aliphatic carbocycles. The predicted molar refractivity (Wildman–Crippen MR) is 184 cm³/mol. The Morgan fingerprint density at radius 2 is 0.956 bits per heavy atom. The number of para-hydroxylation sites is 1. The van der Waals surface area contributed by atoms with E-state index in [0.29, 0.717) is 0 Å². The largest absolute Gasteiger partial charge is 0.457 e. The molecule has 1 heteroatoms. The first kappa shape index (κ1) is 25.0. The van der Waals surface area contributed by atoms with Gasteiger partial charge in [0.05, 0.1) is 5.41 Å². The second-order valence-electron chi connectivity index (χ2n) is 13.2. The van der Waals surface area contributed by atoms with Gasteiger partial charge in [-0.15, -0.1) is 0 Å². The van der Waals surface area contributed by atoms with E-state index < -0.39 is 5.41 Å². The summed E-state index contributed by atoms with van der Waals surface area (Å²) in [5.74, 6) is 1.89. The molecule has 1 heterocycles. The Labute approximate surface area is 263 Å². The van der Waals surface area contributed by atoms with E-state index in [1.165, 1.54) is 77.5 Å². The fourth-order valence-corrected chi connectivity index (χ4v) is 8.91. The number of rotatable bonds is 1. The monoisotopic (exact) mass is 574 g/mol. The van der Waals surface area contributed by atoms with Crippen molar-refractivity contribution in [2.45, 2.75) is 24.7 Å². The molecular formula is C44H30O. The zero-order valence-corrected chi connectivity index (χ0v) is 25.3. The maximum atomic E-state index is 6.59. The van der Waals surface area contributed by atoms with Crippen molar-refractivity contribution >= 4 is 10.8 Å². The molecule has 1 nitrogen and oxygen atoms in total. The zero-order chi connectivity index (χ0) is 29.9. The van der Waals surface area contributed by atoms with Gasteiger partial charge in [0.25, 0.3) is 0 Å². The van der Waals surface area contributed by atoms with E-state index >= 15 is 0 Å². The van der Waals surface area contributed by atoms with Crippen LogP contribution in [-0.2, 0) is 10.8 Å². The topological polar surface area (TPSA) is 9.23 Å². The third-order valence-electron chi connectivity index (χ3n) is 10.7. The molecule has 7 aromatic rings. The van der Waals surface area contributed by atoms with Crippen LogP contribution < -0.4 is 4.74 Å². The zero-order valence-electron chi connectivity index (χ0n) is 25.3. The molecule has 1 spiro atoms. The summed E-state index contributed by atoms with van der Waals surface area (Å²) in [6.07, 6.45) is 0. The Bertz CT molecular complexity index is 2390. The molecule has 0 N–H and O–H groups in total. The summed E-state index contributed by atoms with van der Waals surface area (Å²) >= 11 is 0. The summed E-state index contributed by atoms with van der Waals surface area (Å²) in [5, 5.41) is 2.56. The van der Waals surface area contributed by atoms with E-state index in [0.717, 1.165) is 11.5 Å².